The first kappa shape index (κ1) is 19.8. The van der Waals surface area contributed by atoms with Crippen LogP contribution in [0, 0.1) is 10.8 Å². The van der Waals surface area contributed by atoms with Crippen LogP contribution < -0.4 is 0 Å². The van der Waals surface area contributed by atoms with Gasteiger partial charge in [0, 0.05) is 10.8 Å². The van der Waals surface area contributed by atoms with Crippen LogP contribution in [-0.2, 0) is 32.2 Å². The third-order valence-electron chi connectivity index (χ3n) is 6.59. The van der Waals surface area contributed by atoms with Crippen LogP contribution in [-0.4, -0.2) is 39.6 Å². The zero-order chi connectivity index (χ0) is 19.5. The fraction of sp³-hybridized carbons (Fsp3) is 0.583. The van der Waals surface area contributed by atoms with Crippen molar-refractivity contribution in [3.8, 4) is 0 Å². The second kappa shape index (κ2) is 8.50. The summed E-state index contributed by atoms with van der Waals surface area (Å²) in [6.07, 6.45) is 2.20. The fourth-order valence-corrected chi connectivity index (χ4v) is 3.99. The number of fused-ring (bicyclic) bond motifs is 1. The molecule has 2 aliphatic rings. The zero-order valence-corrected chi connectivity index (χ0v) is 17.2. The molecule has 4 rings (SSSR count). The van der Waals surface area contributed by atoms with E-state index in [9.17, 15) is 0 Å². The number of hydrogen-bond donors (Lipinski definition) is 0. The second-order valence-corrected chi connectivity index (χ2v) is 8.60. The lowest BCUT2D eigenvalue weighted by Gasteiger charge is -2.40. The molecule has 0 aliphatic carbocycles. The van der Waals surface area contributed by atoms with Crippen LogP contribution in [0.3, 0.4) is 0 Å². The van der Waals surface area contributed by atoms with Crippen LogP contribution >= 0.6 is 0 Å². The summed E-state index contributed by atoms with van der Waals surface area (Å²) in [5.41, 5.74) is 2.89. The van der Waals surface area contributed by atoms with Crippen LogP contribution in [0.2, 0.25) is 0 Å². The van der Waals surface area contributed by atoms with Gasteiger partial charge in [0.05, 0.1) is 52.9 Å². The van der Waals surface area contributed by atoms with Crippen molar-refractivity contribution < 1.29 is 18.9 Å². The van der Waals surface area contributed by atoms with Gasteiger partial charge < -0.3 is 18.9 Å². The Hall–Kier alpha value is -1.46. The molecular formula is C24H32O4. The normalized spacial score (nSPS) is 19.9. The largest absolute Gasteiger partial charge is 0.380 e. The molecule has 28 heavy (non-hydrogen) atoms. The number of hydrogen-bond acceptors (Lipinski definition) is 4. The highest BCUT2D eigenvalue weighted by atomic mass is 16.5. The lowest BCUT2D eigenvalue weighted by atomic mass is 9.84. The van der Waals surface area contributed by atoms with Crippen molar-refractivity contribution in [2.24, 2.45) is 10.8 Å². The summed E-state index contributed by atoms with van der Waals surface area (Å²) in [7, 11) is 0. The van der Waals surface area contributed by atoms with Crippen LogP contribution in [0.25, 0.3) is 10.8 Å². The zero-order valence-electron chi connectivity index (χ0n) is 17.2. The van der Waals surface area contributed by atoms with E-state index in [0.29, 0.717) is 13.2 Å². The number of ether oxygens (including phenoxy) is 4. The van der Waals surface area contributed by atoms with Crippen molar-refractivity contribution >= 4 is 10.8 Å². The molecule has 0 N–H and O–H groups in total. The monoisotopic (exact) mass is 384 g/mol. The minimum absolute atomic E-state index is 0.207. The van der Waals surface area contributed by atoms with E-state index in [1.165, 1.54) is 21.9 Å². The minimum Gasteiger partial charge on any atom is -0.380 e. The molecule has 0 spiro atoms. The van der Waals surface area contributed by atoms with Crippen LogP contribution in [0.15, 0.2) is 36.4 Å². The molecule has 2 aromatic carbocycles. The summed E-state index contributed by atoms with van der Waals surface area (Å²) in [5, 5.41) is 2.51. The van der Waals surface area contributed by atoms with Gasteiger partial charge in [-0.3, -0.25) is 0 Å². The maximum Gasteiger partial charge on any atom is 0.0726 e. The van der Waals surface area contributed by atoms with E-state index in [4.69, 9.17) is 18.9 Å². The first-order chi connectivity index (χ1) is 13.7. The Labute approximate surface area is 168 Å². The third-order valence-corrected chi connectivity index (χ3v) is 6.59. The summed E-state index contributed by atoms with van der Waals surface area (Å²) < 4.78 is 23.2. The van der Waals surface area contributed by atoms with Gasteiger partial charge in [-0.25, -0.2) is 0 Å². The second-order valence-electron chi connectivity index (χ2n) is 8.60. The fourth-order valence-electron chi connectivity index (χ4n) is 3.99. The highest BCUT2D eigenvalue weighted by molar-refractivity contribution is 5.86. The van der Waals surface area contributed by atoms with Crippen LogP contribution in [0.1, 0.15) is 37.8 Å². The van der Waals surface area contributed by atoms with E-state index in [0.717, 1.165) is 52.5 Å². The SMILES string of the molecule is CCC1(COCc2ccc3ccccc3c2COCC2(CC)COC2)COC1. The van der Waals surface area contributed by atoms with Crippen molar-refractivity contribution in [3.63, 3.8) is 0 Å². The van der Waals surface area contributed by atoms with Crippen molar-refractivity contribution in [2.45, 2.75) is 39.9 Å². The van der Waals surface area contributed by atoms with Gasteiger partial charge in [-0.05, 0) is 34.7 Å². The Morgan fingerprint density at radius 3 is 1.96 bits per heavy atom. The van der Waals surface area contributed by atoms with Crippen molar-refractivity contribution in [2.75, 3.05) is 39.6 Å². The summed E-state index contributed by atoms with van der Waals surface area (Å²) >= 11 is 0. The van der Waals surface area contributed by atoms with Gasteiger partial charge in [-0.1, -0.05) is 50.2 Å². The number of benzene rings is 2. The summed E-state index contributed by atoms with van der Waals surface area (Å²) in [6.45, 7) is 10.4. The van der Waals surface area contributed by atoms with Gasteiger partial charge in [-0.2, -0.15) is 0 Å². The van der Waals surface area contributed by atoms with Crippen molar-refractivity contribution in [3.05, 3.63) is 47.5 Å². The molecule has 0 aromatic heterocycles. The third kappa shape index (κ3) is 3.97. The number of rotatable bonds is 10. The molecule has 2 aliphatic heterocycles. The van der Waals surface area contributed by atoms with E-state index in [1.54, 1.807) is 0 Å². The lowest BCUT2D eigenvalue weighted by Crippen LogP contribution is -2.45. The Kier molecular flexibility index (Phi) is 6.02. The standard InChI is InChI=1S/C24H32O4/c1-3-23(15-27-16-23)13-25-11-20-10-9-19-7-5-6-8-21(19)22(20)12-26-14-24(4-2)17-28-18-24/h5-10H,3-4,11-18H2,1-2H3. The predicted octanol–water partition coefficient (Wildman–Crippen LogP) is 4.73. The van der Waals surface area contributed by atoms with Gasteiger partial charge in [0.2, 0.25) is 0 Å². The quantitative estimate of drug-likeness (QED) is 0.594. The Morgan fingerprint density at radius 1 is 0.786 bits per heavy atom. The van der Waals surface area contributed by atoms with Gasteiger partial charge in [0.25, 0.3) is 0 Å². The first-order valence-corrected chi connectivity index (χ1v) is 10.5. The Bertz CT molecular complexity index is 781. The van der Waals surface area contributed by atoms with Gasteiger partial charge in [0.1, 0.15) is 0 Å². The summed E-state index contributed by atoms with van der Waals surface area (Å²) in [6, 6.07) is 12.9. The molecule has 0 saturated carbocycles. The Balaban J connectivity index is 1.46. The highest BCUT2D eigenvalue weighted by Gasteiger charge is 2.38. The lowest BCUT2D eigenvalue weighted by molar-refractivity contribution is -0.154. The molecule has 2 aromatic rings. The molecule has 2 fully saturated rings. The molecule has 152 valence electrons. The van der Waals surface area contributed by atoms with E-state index >= 15 is 0 Å². The molecule has 0 radical (unpaired) electrons. The topological polar surface area (TPSA) is 36.9 Å². The average molecular weight is 385 g/mol. The smallest absolute Gasteiger partial charge is 0.0726 e. The summed E-state index contributed by atoms with van der Waals surface area (Å²) in [4.78, 5) is 0. The highest BCUT2D eigenvalue weighted by Crippen LogP contribution is 2.34. The molecule has 0 unspecified atom stereocenters. The maximum absolute atomic E-state index is 6.21. The van der Waals surface area contributed by atoms with Crippen molar-refractivity contribution in [1.29, 1.82) is 0 Å². The van der Waals surface area contributed by atoms with Gasteiger partial charge in [-0.15, -0.1) is 0 Å². The van der Waals surface area contributed by atoms with E-state index < -0.39 is 0 Å². The van der Waals surface area contributed by atoms with Crippen LogP contribution in [0.5, 0.6) is 0 Å². The summed E-state index contributed by atoms with van der Waals surface area (Å²) in [5.74, 6) is 0. The van der Waals surface area contributed by atoms with E-state index in [1.807, 2.05) is 0 Å². The molecule has 0 amide bonds. The van der Waals surface area contributed by atoms with E-state index in [-0.39, 0.29) is 10.8 Å². The van der Waals surface area contributed by atoms with Crippen molar-refractivity contribution in [1.82, 2.24) is 0 Å². The molecule has 4 nitrogen and oxygen atoms in total. The molecule has 0 bridgehead atoms. The van der Waals surface area contributed by atoms with Gasteiger partial charge in [0.15, 0.2) is 0 Å². The Morgan fingerprint density at radius 2 is 1.39 bits per heavy atom. The molecule has 0 atom stereocenters. The maximum atomic E-state index is 6.21. The average Bonchev–Trinajstić information content (AvgIpc) is 2.67. The predicted molar refractivity (Wildman–Crippen MR) is 110 cm³/mol. The molecular weight excluding hydrogens is 352 g/mol. The van der Waals surface area contributed by atoms with Gasteiger partial charge >= 0.3 is 0 Å². The van der Waals surface area contributed by atoms with E-state index in [2.05, 4.69) is 50.2 Å². The molecule has 4 heteroatoms. The molecule has 2 saturated heterocycles. The minimum atomic E-state index is 0.207. The van der Waals surface area contributed by atoms with Crippen LogP contribution in [0.4, 0.5) is 0 Å². The molecule has 2 heterocycles. The first-order valence-electron chi connectivity index (χ1n) is 10.5.